The number of aromatic nitrogens is 1. The minimum absolute atomic E-state index is 0.0625. The Balaban J connectivity index is 1.80. The fraction of sp³-hybridized carbons (Fsp3) is 0.0526. The van der Waals surface area contributed by atoms with Crippen molar-refractivity contribution in [1.82, 2.24) is 4.98 Å². The third-order valence-electron chi connectivity index (χ3n) is 3.81. The summed E-state index contributed by atoms with van der Waals surface area (Å²) in [5.74, 6) is -0.874. The molecular weight excluding hydrogens is 353 g/mol. The maximum absolute atomic E-state index is 13.8. The van der Waals surface area contributed by atoms with Crippen molar-refractivity contribution in [3.8, 4) is 17.0 Å². The van der Waals surface area contributed by atoms with Gasteiger partial charge in [-0.1, -0.05) is 12.1 Å². The van der Waals surface area contributed by atoms with Crippen LogP contribution in [0.15, 0.2) is 60.8 Å². The summed E-state index contributed by atoms with van der Waals surface area (Å²) in [4.78, 5) is 26.9. The van der Waals surface area contributed by atoms with Crippen LogP contribution >= 0.6 is 0 Å². The van der Waals surface area contributed by atoms with E-state index in [0.717, 1.165) is 6.07 Å². The first kappa shape index (κ1) is 18.0. The molecule has 0 bridgehead atoms. The highest BCUT2D eigenvalue weighted by Crippen LogP contribution is 2.28. The van der Waals surface area contributed by atoms with E-state index in [-0.39, 0.29) is 17.0 Å². The molecule has 8 heteroatoms. The van der Waals surface area contributed by atoms with Gasteiger partial charge in [0, 0.05) is 17.2 Å². The smallest absolute Gasteiger partial charge is 0.311 e. The van der Waals surface area contributed by atoms with Crippen LogP contribution in [-0.2, 0) is 0 Å². The third-order valence-corrected chi connectivity index (χ3v) is 3.81. The number of amides is 1. The number of anilines is 1. The number of methoxy groups -OCH3 is 1. The standard InChI is InChI=1S/C19H14FN3O4/c1-27-18-9-6-12(10-17(18)23(25)26)19(24)22-13-7-8-16(21-11-13)14-4-2-3-5-15(14)20/h2-11H,1H3,(H,22,24). The molecule has 1 amide bonds. The van der Waals surface area contributed by atoms with Gasteiger partial charge in [-0.2, -0.15) is 0 Å². The number of carbonyl (C=O) groups is 1. The molecule has 0 aliphatic heterocycles. The van der Waals surface area contributed by atoms with Gasteiger partial charge in [-0.15, -0.1) is 0 Å². The van der Waals surface area contributed by atoms with Gasteiger partial charge in [-0.25, -0.2) is 4.39 Å². The molecule has 0 unspecified atom stereocenters. The monoisotopic (exact) mass is 367 g/mol. The van der Waals surface area contributed by atoms with Gasteiger partial charge in [-0.3, -0.25) is 19.9 Å². The second-order valence-electron chi connectivity index (χ2n) is 5.51. The summed E-state index contributed by atoms with van der Waals surface area (Å²) in [7, 11) is 1.31. The fourth-order valence-corrected chi connectivity index (χ4v) is 2.47. The zero-order valence-electron chi connectivity index (χ0n) is 14.2. The predicted octanol–water partition coefficient (Wildman–Crippen LogP) is 4.06. The van der Waals surface area contributed by atoms with Gasteiger partial charge < -0.3 is 10.1 Å². The maximum atomic E-state index is 13.8. The van der Waals surface area contributed by atoms with E-state index in [1.807, 2.05) is 0 Å². The van der Waals surface area contributed by atoms with Gasteiger partial charge in [-0.05, 0) is 36.4 Å². The third kappa shape index (κ3) is 3.90. The van der Waals surface area contributed by atoms with Crippen molar-refractivity contribution in [1.29, 1.82) is 0 Å². The first-order chi connectivity index (χ1) is 13.0. The molecule has 3 rings (SSSR count). The first-order valence-corrected chi connectivity index (χ1v) is 7.84. The Morgan fingerprint density at radius 1 is 1.19 bits per heavy atom. The van der Waals surface area contributed by atoms with Crippen LogP contribution in [0, 0.1) is 15.9 Å². The lowest BCUT2D eigenvalue weighted by molar-refractivity contribution is -0.385. The number of nitrogens with zero attached hydrogens (tertiary/aromatic N) is 2. The van der Waals surface area contributed by atoms with Crippen molar-refractivity contribution < 1.29 is 18.8 Å². The molecule has 1 N–H and O–H groups in total. The van der Waals surface area contributed by atoms with E-state index in [1.54, 1.807) is 30.3 Å². The van der Waals surface area contributed by atoms with Crippen LogP contribution in [0.3, 0.4) is 0 Å². The molecule has 0 saturated heterocycles. The topological polar surface area (TPSA) is 94.4 Å². The number of hydrogen-bond acceptors (Lipinski definition) is 5. The number of benzene rings is 2. The lowest BCUT2D eigenvalue weighted by atomic mass is 10.1. The normalized spacial score (nSPS) is 10.3. The Morgan fingerprint density at radius 3 is 2.59 bits per heavy atom. The second-order valence-corrected chi connectivity index (χ2v) is 5.51. The summed E-state index contributed by atoms with van der Waals surface area (Å²) in [6.07, 6.45) is 1.39. The Labute approximate surface area is 153 Å². The second kappa shape index (κ2) is 7.61. The minimum atomic E-state index is -0.625. The number of rotatable bonds is 5. The van der Waals surface area contributed by atoms with Crippen molar-refractivity contribution in [2.45, 2.75) is 0 Å². The number of nitrogens with one attached hydrogen (secondary N) is 1. The van der Waals surface area contributed by atoms with Crippen LogP contribution in [0.25, 0.3) is 11.3 Å². The van der Waals surface area contributed by atoms with Crippen molar-refractivity contribution in [3.63, 3.8) is 0 Å². The molecule has 0 aliphatic rings. The summed E-state index contributed by atoms with van der Waals surface area (Å²) in [5, 5.41) is 13.7. The number of carbonyl (C=O) groups excluding carboxylic acids is 1. The number of nitro groups is 1. The van der Waals surface area contributed by atoms with E-state index in [2.05, 4.69) is 10.3 Å². The van der Waals surface area contributed by atoms with Gasteiger partial charge in [0.25, 0.3) is 5.91 Å². The summed E-state index contributed by atoms with van der Waals surface area (Å²) in [5.41, 5.74) is 0.935. The number of ether oxygens (including phenoxy) is 1. The summed E-state index contributed by atoms with van der Waals surface area (Å²) in [6.45, 7) is 0. The number of hydrogen-bond donors (Lipinski definition) is 1. The molecule has 0 atom stereocenters. The average molecular weight is 367 g/mol. The van der Waals surface area contributed by atoms with Crippen molar-refractivity contribution in [3.05, 3.63) is 82.3 Å². The molecule has 0 fully saturated rings. The van der Waals surface area contributed by atoms with E-state index in [1.165, 1.54) is 31.5 Å². The van der Waals surface area contributed by atoms with E-state index < -0.39 is 16.6 Å². The highest BCUT2D eigenvalue weighted by atomic mass is 19.1. The van der Waals surface area contributed by atoms with Gasteiger partial charge >= 0.3 is 5.69 Å². The van der Waals surface area contributed by atoms with Gasteiger partial charge in [0.1, 0.15) is 5.82 Å². The average Bonchev–Trinajstić information content (AvgIpc) is 2.68. The van der Waals surface area contributed by atoms with Crippen molar-refractivity contribution in [2.75, 3.05) is 12.4 Å². The molecule has 0 saturated carbocycles. The molecule has 7 nitrogen and oxygen atoms in total. The van der Waals surface area contributed by atoms with Crippen LogP contribution < -0.4 is 10.1 Å². The Morgan fingerprint density at radius 2 is 1.96 bits per heavy atom. The van der Waals surface area contributed by atoms with Gasteiger partial charge in [0.15, 0.2) is 5.75 Å². The Kier molecular flexibility index (Phi) is 5.07. The molecule has 3 aromatic rings. The highest BCUT2D eigenvalue weighted by molar-refractivity contribution is 6.04. The van der Waals surface area contributed by atoms with Crippen molar-refractivity contribution in [2.24, 2.45) is 0 Å². The fourth-order valence-electron chi connectivity index (χ4n) is 2.47. The Hall–Kier alpha value is -3.81. The lowest BCUT2D eigenvalue weighted by Gasteiger charge is -2.08. The van der Waals surface area contributed by atoms with Crippen LogP contribution in [0.5, 0.6) is 5.75 Å². The molecule has 1 heterocycles. The molecule has 0 spiro atoms. The van der Waals surface area contributed by atoms with Crippen molar-refractivity contribution >= 4 is 17.3 Å². The maximum Gasteiger partial charge on any atom is 0.311 e. The van der Waals surface area contributed by atoms with E-state index in [0.29, 0.717) is 16.9 Å². The van der Waals surface area contributed by atoms with E-state index >= 15 is 0 Å². The lowest BCUT2D eigenvalue weighted by Crippen LogP contribution is -2.12. The number of halogens is 1. The predicted molar refractivity (Wildman–Crippen MR) is 97.2 cm³/mol. The summed E-state index contributed by atoms with van der Waals surface area (Å²) in [6, 6.07) is 13.3. The highest BCUT2D eigenvalue weighted by Gasteiger charge is 2.18. The van der Waals surface area contributed by atoms with Crippen LogP contribution in [-0.4, -0.2) is 22.9 Å². The number of pyridine rings is 1. The largest absolute Gasteiger partial charge is 0.490 e. The van der Waals surface area contributed by atoms with Gasteiger partial charge in [0.05, 0.1) is 29.6 Å². The number of nitro benzene ring substituents is 1. The molecule has 136 valence electrons. The summed E-state index contributed by atoms with van der Waals surface area (Å²) < 4.78 is 18.7. The van der Waals surface area contributed by atoms with Crippen LogP contribution in [0.4, 0.5) is 15.8 Å². The molecule has 27 heavy (non-hydrogen) atoms. The quantitative estimate of drug-likeness (QED) is 0.542. The molecule has 1 aromatic heterocycles. The zero-order chi connectivity index (χ0) is 19.4. The minimum Gasteiger partial charge on any atom is -0.490 e. The SMILES string of the molecule is COc1ccc(C(=O)Nc2ccc(-c3ccccc3F)nc2)cc1[N+](=O)[O-]. The van der Waals surface area contributed by atoms with Gasteiger partial charge in [0.2, 0.25) is 0 Å². The van der Waals surface area contributed by atoms with E-state index in [9.17, 15) is 19.3 Å². The molecular formula is C19H14FN3O4. The molecule has 0 aliphatic carbocycles. The Bertz CT molecular complexity index is 1010. The van der Waals surface area contributed by atoms with Crippen LogP contribution in [0.1, 0.15) is 10.4 Å². The zero-order valence-corrected chi connectivity index (χ0v) is 14.2. The summed E-state index contributed by atoms with van der Waals surface area (Å²) >= 11 is 0. The first-order valence-electron chi connectivity index (χ1n) is 7.84. The van der Waals surface area contributed by atoms with E-state index in [4.69, 9.17) is 4.74 Å². The van der Waals surface area contributed by atoms with Crippen LogP contribution in [0.2, 0.25) is 0 Å². The molecule has 2 aromatic carbocycles. The molecule has 0 radical (unpaired) electrons.